The lowest BCUT2D eigenvalue weighted by atomic mass is 10.0. The first-order valence-corrected chi connectivity index (χ1v) is 17.5. The number of allylic oxidation sites excluding steroid dienone is 2. The summed E-state index contributed by atoms with van der Waals surface area (Å²) >= 11 is 0. The molecule has 0 aliphatic heterocycles. The van der Waals surface area contributed by atoms with Crippen LogP contribution in [0.1, 0.15) is 155 Å². The third-order valence-corrected chi connectivity index (χ3v) is 7.33. The zero-order valence-corrected chi connectivity index (χ0v) is 26.4. The van der Waals surface area contributed by atoms with Crippen molar-refractivity contribution < 1.29 is 37.9 Å². The van der Waals surface area contributed by atoms with Gasteiger partial charge >= 0.3 is 19.8 Å². The Bertz CT molecular complexity index is 676. The molecule has 0 radical (unpaired) electrons. The molecule has 0 amide bonds. The van der Waals surface area contributed by atoms with Gasteiger partial charge in [0, 0.05) is 13.3 Å². The van der Waals surface area contributed by atoms with Crippen LogP contribution in [-0.2, 0) is 28.2 Å². The van der Waals surface area contributed by atoms with Gasteiger partial charge in [-0.05, 0) is 32.1 Å². The smallest absolute Gasteiger partial charge is 0.462 e. The maximum atomic E-state index is 12.0. The van der Waals surface area contributed by atoms with Crippen LogP contribution in [0.25, 0.3) is 0 Å². The number of phosphoric acid groups is 1. The van der Waals surface area contributed by atoms with E-state index in [4.69, 9.17) is 19.3 Å². The van der Waals surface area contributed by atoms with E-state index >= 15 is 0 Å². The molecule has 8 nitrogen and oxygen atoms in total. The van der Waals surface area contributed by atoms with Gasteiger partial charge in [0.05, 0.1) is 6.61 Å². The highest BCUT2D eigenvalue weighted by Crippen LogP contribution is 2.35. The van der Waals surface area contributed by atoms with Crippen LogP contribution in [-0.4, -0.2) is 41.0 Å². The molecule has 0 aliphatic carbocycles. The molecule has 0 bridgehead atoms. The number of carbonyl (C=O) groups excluding carboxylic acids is 2. The molecule has 0 aromatic heterocycles. The lowest BCUT2D eigenvalue weighted by Gasteiger charge is -2.18. The van der Waals surface area contributed by atoms with Gasteiger partial charge in [0.2, 0.25) is 0 Å². The van der Waals surface area contributed by atoms with Crippen LogP contribution in [0, 0.1) is 0 Å². The fraction of sp³-hybridized carbons (Fsp3) is 0.871. The van der Waals surface area contributed by atoms with E-state index in [1.165, 1.54) is 116 Å². The van der Waals surface area contributed by atoms with Crippen LogP contribution in [0.4, 0.5) is 0 Å². The van der Waals surface area contributed by atoms with Gasteiger partial charge in [0.25, 0.3) is 0 Å². The van der Waals surface area contributed by atoms with Crippen molar-refractivity contribution in [2.45, 2.75) is 161 Å². The minimum atomic E-state index is -4.71. The van der Waals surface area contributed by atoms with Crippen molar-refractivity contribution in [3.05, 3.63) is 12.2 Å². The molecule has 0 aromatic rings. The van der Waals surface area contributed by atoms with Gasteiger partial charge in [0.1, 0.15) is 6.61 Å². The van der Waals surface area contributed by atoms with E-state index < -0.39 is 32.5 Å². The number of hydrogen-bond donors (Lipinski definition) is 2. The second-order valence-electron chi connectivity index (χ2n) is 10.9. The quantitative estimate of drug-likeness (QED) is 0.0384. The molecule has 0 aromatic carbocycles. The molecule has 0 fully saturated rings. The van der Waals surface area contributed by atoms with Crippen LogP contribution < -0.4 is 0 Å². The molecule has 2 N–H and O–H groups in total. The summed E-state index contributed by atoms with van der Waals surface area (Å²) in [5.41, 5.74) is 0. The fourth-order valence-corrected chi connectivity index (χ4v) is 4.87. The first kappa shape index (κ1) is 38.8. The molecule has 1 atom stereocenters. The fourth-order valence-electron chi connectivity index (χ4n) is 4.51. The summed E-state index contributed by atoms with van der Waals surface area (Å²) in [5.74, 6) is -1.07. The topological polar surface area (TPSA) is 119 Å². The minimum Gasteiger partial charge on any atom is -0.462 e. The Hall–Kier alpha value is -1.21. The molecular weight excluding hydrogens is 531 g/mol. The molecule has 40 heavy (non-hydrogen) atoms. The second-order valence-corrected chi connectivity index (χ2v) is 12.1. The largest absolute Gasteiger partial charge is 0.469 e. The normalized spacial score (nSPS) is 12.6. The van der Waals surface area contributed by atoms with E-state index in [2.05, 4.69) is 23.6 Å². The summed E-state index contributed by atoms with van der Waals surface area (Å²) in [7, 11) is -4.71. The molecule has 9 heteroatoms. The van der Waals surface area contributed by atoms with Crippen molar-refractivity contribution in [2.75, 3.05) is 13.2 Å². The Balaban J connectivity index is 3.51. The lowest BCUT2D eigenvalue weighted by Crippen LogP contribution is -2.29. The van der Waals surface area contributed by atoms with Crippen LogP contribution >= 0.6 is 7.82 Å². The Morgan fingerprint density at radius 1 is 0.675 bits per heavy atom. The summed E-state index contributed by atoms with van der Waals surface area (Å²) in [6, 6.07) is 0. The van der Waals surface area contributed by atoms with Gasteiger partial charge in [-0.2, -0.15) is 0 Å². The summed E-state index contributed by atoms with van der Waals surface area (Å²) in [6.45, 7) is 2.62. The maximum Gasteiger partial charge on any atom is 0.469 e. The second kappa shape index (κ2) is 27.9. The van der Waals surface area contributed by atoms with Crippen molar-refractivity contribution in [2.24, 2.45) is 0 Å². The molecule has 1 unspecified atom stereocenters. The van der Waals surface area contributed by atoms with Gasteiger partial charge in [-0.15, -0.1) is 0 Å². The Labute approximate surface area is 244 Å². The molecule has 0 aliphatic rings. The SMILES string of the molecule is CCCCCCCCCC/C=C\CCCCCCCCCCCCCC(=O)OC(COC(C)=O)COP(=O)(O)O. The maximum absolute atomic E-state index is 12.0. The average molecular weight is 591 g/mol. The number of rotatable bonds is 29. The predicted molar refractivity (Wildman–Crippen MR) is 161 cm³/mol. The monoisotopic (exact) mass is 590 g/mol. The number of unbranched alkanes of at least 4 members (excludes halogenated alkanes) is 19. The van der Waals surface area contributed by atoms with E-state index in [1.54, 1.807) is 0 Å². The molecule has 0 rings (SSSR count). The molecule has 0 saturated heterocycles. The zero-order valence-electron chi connectivity index (χ0n) is 25.5. The van der Waals surface area contributed by atoms with Crippen molar-refractivity contribution >= 4 is 19.8 Å². The molecular formula is C31H59O8P. The van der Waals surface area contributed by atoms with Crippen molar-refractivity contribution in [1.82, 2.24) is 0 Å². The summed E-state index contributed by atoms with van der Waals surface area (Å²) < 4.78 is 25.2. The third-order valence-electron chi connectivity index (χ3n) is 6.84. The van der Waals surface area contributed by atoms with E-state index in [9.17, 15) is 14.2 Å². The first-order valence-electron chi connectivity index (χ1n) is 15.9. The third kappa shape index (κ3) is 31.3. The van der Waals surface area contributed by atoms with Crippen LogP contribution in [0.15, 0.2) is 12.2 Å². The number of esters is 2. The zero-order chi connectivity index (χ0) is 29.7. The predicted octanol–water partition coefficient (Wildman–Crippen LogP) is 8.73. The van der Waals surface area contributed by atoms with Crippen LogP contribution in [0.2, 0.25) is 0 Å². The Morgan fingerprint density at radius 3 is 1.52 bits per heavy atom. The van der Waals surface area contributed by atoms with Gasteiger partial charge < -0.3 is 19.3 Å². The van der Waals surface area contributed by atoms with E-state index in [-0.39, 0.29) is 13.0 Å². The molecule has 0 heterocycles. The lowest BCUT2D eigenvalue weighted by molar-refractivity contribution is -0.160. The molecule has 236 valence electrons. The van der Waals surface area contributed by atoms with Crippen LogP contribution in [0.5, 0.6) is 0 Å². The molecule has 0 saturated carbocycles. The Morgan fingerprint density at radius 2 is 1.10 bits per heavy atom. The summed E-state index contributed by atoms with van der Waals surface area (Å²) in [5, 5.41) is 0. The minimum absolute atomic E-state index is 0.209. The highest BCUT2D eigenvalue weighted by molar-refractivity contribution is 7.46. The Kier molecular flexibility index (Phi) is 27.1. The average Bonchev–Trinajstić information content (AvgIpc) is 2.90. The van der Waals surface area contributed by atoms with E-state index in [0.29, 0.717) is 6.42 Å². The number of carbonyl (C=O) groups is 2. The van der Waals surface area contributed by atoms with Crippen molar-refractivity contribution in [3.8, 4) is 0 Å². The van der Waals surface area contributed by atoms with Gasteiger partial charge in [-0.25, -0.2) is 4.57 Å². The highest BCUT2D eigenvalue weighted by atomic mass is 31.2. The highest BCUT2D eigenvalue weighted by Gasteiger charge is 2.22. The summed E-state index contributed by atoms with van der Waals surface area (Å²) in [4.78, 5) is 40.6. The number of hydrogen-bond acceptors (Lipinski definition) is 6. The van der Waals surface area contributed by atoms with E-state index in [1.807, 2.05) is 0 Å². The van der Waals surface area contributed by atoms with Gasteiger partial charge in [-0.1, -0.05) is 122 Å². The van der Waals surface area contributed by atoms with E-state index in [0.717, 1.165) is 19.3 Å². The van der Waals surface area contributed by atoms with Gasteiger partial charge in [0.15, 0.2) is 6.10 Å². The van der Waals surface area contributed by atoms with Crippen molar-refractivity contribution in [3.63, 3.8) is 0 Å². The standard InChI is InChI=1S/C31H59O8P/c1-3-4-5-6-7-8-9-10-11-12-13-14-15-16-17-18-19-20-21-22-23-24-25-26-31(33)39-30(27-37-29(2)32)28-38-40(34,35)36/h12-13,30H,3-11,14-28H2,1-2H3,(H2,34,35,36)/b13-12-. The number of phosphoric ester groups is 1. The number of ether oxygens (including phenoxy) is 2. The molecule has 0 spiro atoms. The van der Waals surface area contributed by atoms with Crippen molar-refractivity contribution in [1.29, 1.82) is 0 Å². The van der Waals surface area contributed by atoms with Gasteiger partial charge in [-0.3, -0.25) is 14.1 Å². The van der Waals surface area contributed by atoms with Crippen LogP contribution in [0.3, 0.4) is 0 Å². The summed E-state index contributed by atoms with van der Waals surface area (Å²) in [6.07, 6.45) is 30.4. The first-order chi connectivity index (χ1) is 19.2.